The fourth-order valence-corrected chi connectivity index (χ4v) is 2.67. The Labute approximate surface area is 114 Å². The van der Waals surface area contributed by atoms with Crippen molar-refractivity contribution < 1.29 is 4.52 Å². The molecule has 0 saturated heterocycles. The molecule has 1 saturated carbocycles. The highest BCUT2D eigenvalue weighted by Crippen LogP contribution is 2.31. The summed E-state index contributed by atoms with van der Waals surface area (Å²) in [5.74, 6) is 0.920. The maximum atomic E-state index is 5.51. The third kappa shape index (κ3) is 2.56. The highest BCUT2D eigenvalue weighted by molar-refractivity contribution is 5.69. The van der Waals surface area contributed by atoms with Gasteiger partial charge in [-0.05, 0) is 44.7 Å². The van der Waals surface area contributed by atoms with Crippen LogP contribution in [0.2, 0.25) is 0 Å². The first-order valence-electron chi connectivity index (χ1n) is 6.90. The van der Waals surface area contributed by atoms with E-state index >= 15 is 0 Å². The van der Waals surface area contributed by atoms with Crippen LogP contribution < -0.4 is 5.32 Å². The molecule has 1 fully saturated rings. The number of benzene rings is 1. The van der Waals surface area contributed by atoms with Gasteiger partial charge in [-0.3, -0.25) is 0 Å². The van der Waals surface area contributed by atoms with E-state index < -0.39 is 0 Å². The Kier molecular flexibility index (Phi) is 3.15. The van der Waals surface area contributed by atoms with Gasteiger partial charge in [0.05, 0.1) is 6.20 Å². The fraction of sp³-hybridized carbons (Fsp3) is 0.438. The van der Waals surface area contributed by atoms with Crippen LogP contribution in [-0.4, -0.2) is 11.2 Å². The van der Waals surface area contributed by atoms with E-state index in [-0.39, 0.29) is 0 Å². The van der Waals surface area contributed by atoms with Gasteiger partial charge >= 0.3 is 0 Å². The van der Waals surface area contributed by atoms with Crippen molar-refractivity contribution in [1.29, 1.82) is 0 Å². The molecule has 3 heteroatoms. The van der Waals surface area contributed by atoms with E-state index in [0.717, 1.165) is 17.9 Å². The Morgan fingerprint density at radius 1 is 1.21 bits per heavy atom. The molecule has 2 aromatic rings. The topological polar surface area (TPSA) is 38.1 Å². The molecule has 0 unspecified atom stereocenters. The Morgan fingerprint density at radius 3 is 2.53 bits per heavy atom. The average Bonchev–Trinajstić information content (AvgIpc) is 3.06. The SMILES string of the molecule is Cc1cc(C)c(-c2oncc2CNC2CC2)c(C)c1. The second-order valence-electron chi connectivity index (χ2n) is 5.61. The lowest BCUT2D eigenvalue weighted by Gasteiger charge is -2.10. The summed E-state index contributed by atoms with van der Waals surface area (Å²) in [6, 6.07) is 5.09. The maximum absolute atomic E-state index is 5.51. The first-order chi connectivity index (χ1) is 9.15. The van der Waals surface area contributed by atoms with E-state index in [1.165, 1.54) is 35.1 Å². The van der Waals surface area contributed by atoms with Crippen LogP contribution in [0.15, 0.2) is 22.9 Å². The van der Waals surface area contributed by atoms with Gasteiger partial charge in [0, 0.05) is 23.7 Å². The molecule has 1 aliphatic carbocycles. The van der Waals surface area contributed by atoms with Gasteiger partial charge in [0.2, 0.25) is 0 Å². The summed E-state index contributed by atoms with van der Waals surface area (Å²) < 4.78 is 5.51. The van der Waals surface area contributed by atoms with Crippen molar-refractivity contribution in [2.24, 2.45) is 0 Å². The average molecular weight is 256 g/mol. The number of aryl methyl sites for hydroxylation is 3. The normalized spacial score (nSPS) is 14.9. The van der Waals surface area contributed by atoms with Crippen molar-refractivity contribution in [2.45, 2.75) is 46.2 Å². The molecule has 1 N–H and O–H groups in total. The molecule has 100 valence electrons. The summed E-state index contributed by atoms with van der Waals surface area (Å²) >= 11 is 0. The molecular weight excluding hydrogens is 236 g/mol. The molecule has 1 aromatic heterocycles. The molecule has 0 amide bonds. The second kappa shape index (κ2) is 4.82. The van der Waals surface area contributed by atoms with Gasteiger partial charge in [-0.1, -0.05) is 22.9 Å². The minimum absolute atomic E-state index is 0.697. The molecule has 0 atom stereocenters. The van der Waals surface area contributed by atoms with Crippen LogP contribution >= 0.6 is 0 Å². The smallest absolute Gasteiger partial charge is 0.171 e. The Morgan fingerprint density at radius 2 is 1.89 bits per heavy atom. The van der Waals surface area contributed by atoms with Crippen LogP contribution in [0.25, 0.3) is 11.3 Å². The van der Waals surface area contributed by atoms with Crippen LogP contribution in [0.5, 0.6) is 0 Å². The molecule has 1 aromatic carbocycles. The van der Waals surface area contributed by atoms with E-state index in [1.807, 2.05) is 6.20 Å². The molecule has 0 radical (unpaired) electrons. The standard InChI is InChI=1S/C16H20N2O/c1-10-6-11(2)15(12(3)7-10)16-13(9-18-19-16)8-17-14-4-5-14/h6-7,9,14,17H,4-5,8H2,1-3H3. The summed E-state index contributed by atoms with van der Waals surface area (Å²) in [6.45, 7) is 7.24. The number of nitrogens with one attached hydrogen (secondary N) is 1. The van der Waals surface area contributed by atoms with Crippen molar-refractivity contribution in [3.05, 3.63) is 40.6 Å². The van der Waals surface area contributed by atoms with E-state index in [1.54, 1.807) is 0 Å². The van der Waals surface area contributed by atoms with Gasteiger partial charge in [0.15, 0.2) is 5.76 Å². The Balaban J connectivity index is 1.95. The van der Waals surface area contributed by atoms with E-state index in [9.17, 15) is 0 Å². The monoisotopic (exact) mass is 256 g/mol. The third-order valence-electron chi connectivity index (χ3n) is 3.71. The fourth-order valence-electron chi connectivity index (χ4n) is 2.67. The zero-order chi connectivity index (χ0) is 13.4. The highest BCUT2D eigenvalue weighted by atomic mass is 16.5. The van der Waals surface area contributed by atoms with Crippen molar-refractivity contribution in [1.82, 2.24) is 10.5 Å². The van der Waals surface area contributed by atoms with Crippen molar-refractivity contribution in [2.75, 3.05) is 0 Å². The third-order valence-corrected chi connectivity index (χ3v) is 3.71. The van der Waals surface area contributed by atoms with Gasteiger partial charge in [-0.2, -0.15) is 0 Å². The van der Waals surface area contributed by atoms with Crippen molar-refractivity contribution in [3.63, 3.8) is 0 Å². The van der Waals surface area contributed by atoms with Crippen LogP contribution in [-0.2, 0) is 6.54 Å². The molecule has 1 aliphatic rings. The second-order valence-corrected chi connectivity index (χ2v) is 5.61. The van der Waals surface area contributed by atoms with Crippen LogP contribution in [0.4, 0.5) is 0 Å². The quantitative estimate of drug-likeness (QED) is 0.909. The van der Waals surface area contributed by atoms with Crippen LogP contribution in [0.3, 0.4) is 0 Å². The minimum atomic E-state index is 0.697. The van der Waals surface area contributed by atoms with Crippen LogP contribution in [0, 0.1) is 20.8 Å². The zero-order valence-electron chi connectivity index (χ0n) is 11.8. The van der Waals surface area contributed by atoms with E-state index in [2.05, 4.69) is 43.4 Å². The first kappa shape index (κ1) is 12.4. The molecule has 0 spiro atoms. The molecule has 19 heavy (non-hydrogen) atoms. The van der Waals surface area contributed by atoms with Gasteiger partial charge in [0.25, 0.3) is 0 Å². The molecule has 3 nitrogen and oxygen atoms in total. The summed E-state index contributed by atoms with van der Waals surface area (Å²) in [4.78, 5) is 0. The zero-order valence-corrected chi connectivity index (χ0v) is 11.8. The molecule has 0 bridgehead atoms. The summed E-state index contributed by atoms with van der Waals surface area (Å²) in [7, 11) is 0. The number of aromatic nitrogens is 1. The number of hydrogen-bond donors (Lipinski definition) is 1. The number of rotatable bonds is 4. The molecule has 3 rings (SSSR count). The molecule has 1 heterocycles. The summed E-state index contributed by atoms with van der Waals surface area (Å²) in [5.41, 5.74) is 6.14. The van der Waals surface area contributed by atoms with Gasteiger partial charge in [-0.25, -0.2) is 0 Å². The minimum Gasteiger partial charge on any atom is -0.356 e. The maximum Gasteiger partial charge on any atom is 0.171 e. The van der Waals surface area contributed by atoms with Crippen LogP contribution in [0.1, 0.15) is 35.1 Å². The lowest BCUT2D eigenvalue weighted by atomic mass is 9.96. The molecular formula is C16H20N2O. The summed E-state index contributed by atoms with van der Waals surface area (Å²) in [5, 5.41) is 7.51. The van der Waals surface area contributed by atoms with Gasteiger partial charge in [0.1, 0.15) is 0 Å². The lowest BCUT2D eigenvalue weighted by Crippen LogP contribution is -2.15. The number of nitrogens with zero attached hydrogens (tertiary/aromatic N) is 1. The summed E-state index contributed by atoms with van der Waals surface area (Å²) in [6.07, 6.45) is 4.43. The van der Waals surface area contributed by atoms with E-state index in [4.69, 9.17) is 4.52 Å². The van der Waals surface area contributed by atoms with Crippen molar-refractivity contribution >= 4 is 0 Å². The van der Waals surface area contributed by atoms with Crippen molar-refractivity contribution in [3.8, 4) is 11.3 Å². The molecule has 0 aliphatic heterocycles. The van der Waals surface area contributed by atoms with Gasteiger partial charge in [-0.15, -0.1) is 0 Å². The first-order valence-corrected chi connectivity index (χ1v) is 6.90. The van der Waals surface area contributed by atoms with E-state index in [0.29, 0.717) is 6.04 Å². The Hall–Kier alpha value is -1.61. The largest absolute Gasteiger partial charge is 0.356 e. The predicted molar refractivity (Wildman–Crippen MR) is 76.0 cm³/mol. The van der Waals surface area contributed by atoms with Gasteiger partial charge < -0.3 is 9.84 Å². The number of hydrogen-bond acceptors (Lipinski definition) is 3. The highest BCUT2D eigenvalue weighted by Gasteiger charge is 2.22. The predicted octanol–water partition coefficient (Wildman–Crippen LogP) is 3.52. The Bertz CT molecular complexity index is 574. The lowest BCUT2D eigenvalue weighted by molar-refractivity contribution is 0.431.